The summed E-state index contributed by atoms with van der Waals surface area (Å²) in [5, 5.41) is 37.7. The highest BCUT2D eigenvalue weighted by Crippen LogP contribution is 2.43. The summed E-state index contributed by atoms with van der Waals surface area (Å²) < 4.78 is 0.377. The maximum absolute atomic E-state index is 13.1. The number of aromatic hydroxyl groups is 2. The van der Waals surface area contributed by atoms with Gasteiger partial charge in [-0.3, -0.25) is 19.7 Å². The van der Waals surface area contributed by atoms with E-state index < -0.39 is 16.7 Å². The SMILES string of the molecule is Cc1c(Br)c(O)c(Br)c(O)c1/C=N/NC(=O)C(=Cc1ccc(N(C)C)cc1)NC(=O)c1ccc([N+](=O)[O-])cc1. The number of nitro groups is 1. The van der Waals surface area contributed by atoms with Crippen molar-refractivity contribution in [3.05, 3.63) is 95.5 Å². The minimum atomic E-state index is -0.771. The number of hydrogen-bond acceptors (Lipinski definition) is 8. The third kappa shape index (κ3) is 7.00. The van der Waals surface area contributed by atoms with E-state index in [-0.39, 0.29) is 38.5 Å². The molecule has 0 aliphatic carbocycles. The number of rotatable bonds is 8. The quantitative estimate of drug-likeness (QED) is 0.117. The van der Waals surface area contributed by atoms with Crippen molar-refractivity contribution >= 4 is 67.3 Å². The van der Waals surface area contributed by atoms with Crippen molar-refractivity contribution in [3.63, 3.8) is 0 Å². The number of nitro benzene ring substituents is 1. The standard InChI is InChI=1S/C26H23Br2N5O6/c1-14-19(23(34)22(28)24(35)21(14)27)13-29-31-26(37)20(12-15-4-8-17(9-5-15)32(2)3)30-25(36)16-6-10-18(11-7-16)33(38)39/h4-13,34-35H,1-3H3,(H,30,36)(H,31,37)/b20-12?,29-13+. The molecule has 0 saturated carbocycles. The van der Waals surface area contributed by atoms with Crippen LogP contribution in [-0.2, 0) is 4.79 Å². The molecular formula is C26H23Br2N5O6. The number of halogens is 2. The molecule has 0 aromatic heterocycles. The summed E-state index contributed by atoms with van der Waals surface area (Å²) in [5.41, 5.74) is 4.32. The van der Waals surface area contributed by atoms with Gasteiger partial charge in [0.25, 0.3) is 17.5 Å². The predicted octanol–water partition coefficient (Wildman–Crippen LogP) is 4.83. The number of phenols is 2. The molecule has 0 radical (unpaired) electrons. The molecule has 202 valence electrons. The number of hydrogen-bond donors (Lipinski definition) is 4. The van der Waals surface area contributed by atoms with Gasteiger partial charge in [-0.2, -0.15) is 5.10 Å². The Morgan fingerprint density at radius 2 is 1.62 bits per heavy atom. The molecule has 0 heterocycles. The lowest BCUT2D eigenvalue weighted by molar-refractivity contribution is -0.384. The maximum Gasteiger partial charge on any atom is 0.287 e. The van der Waals surface area contributed by atoms with Gasteiger partial charge in [0.05, 0.1) is 15.6 Å². The molecule has 0 atom stereocenters. The molecule has 4 N–H and O–H groups in total. The zero-order chi connectivity index (χ0) is 28.9. The number of phenolic OH excluding ortho intramolecular Hbond substituents is 2. The number of amides is 2. The largest absolute Gasteiger partial charge is 0.506 e. The molecule has 0 aliphatic heterocycles. The Kier molecular flexibility index (Phi) is 9.43. The molecular weight excluding hydrogens is 638 g/mol. The summed E-state index contributed by atoms with van der Waals surface area (Å²) in [6, 6.07) is 12.1. The number of non-ortho nitro benzene ring substituents is 1. The summed E-state index contributed by atoms with van der Waals surface area (Å²) in [6.07, 6.45) is 2.64. The van der Waals surface area contributed by atoms with Crippen molar-refractivity contribution in [2.24, 2.45) is 5.10 Å². The van der Waals surface area contributed by atoms with Gasteiger partial charge in [0.1, 0.15) is 21.7 Å². The van der Waals surface area contributed by atoms with E-state index in [1.807, 2.05) is 31.1 Å². The Labute approximate surface area is 240 Å². The van der Waals surface area contributed by atoms with Crippen LogP contribution in [0.25, 0.3) is 6.08 Å². The van der Waals surface area contributed by atoms with Gasteiger partial charge >= 0.3 is 0 Å². The van der Waals surface area contributed by atoms with Crippen LogP contribution in [0.5, 0.6) is 11.5 Å². The lowest BCUT2D eigenvalue weighted by Crippen LogP contribution is -2.32. The molecule has 0 fully saturated rings. The lowest BCUT2D eigenvalue weighted by atomic mass is 10.1. The summed E-state index contributed by atoms with van der Waals surface area (Å²) in [7, 11) is 3.77. The first kappa shape index (κ1) is 29.3. The predicted molar refractivity (Wildman–Crippen MR) is 155 cm³/mol. The molecule has 3 aromatic carbocycles. The molecule has 0 saturated heterocycles. The fourth-order valence-corrected chi connectivity index (χ4v) is 4.39. The van der Waals surface area contributed by atoms with Crippen LogP contribution in [0.4, 0.5) is 11.4 Å². The average molecular weight is 661 g/mol. The smallest absolute Gasteiger partial charge is 0.287 e. The number of benzene rings is 3. The normalized spacial score (nSPS) is 11.4. The van der Waals surface area contributed by atoms with Gasteiger partial charge in [0, 0.05) is 43.0 Å². The monoisotopic (exact) mass is 659 g/mol. The fourth-order valence-electron chi connectivity index (χ4n) is 3.30. The van der Waals surface area contributed by atoms with Gasteiger partial charge < -0.3 is 20.4 Å². The molecule has 0 unspecified atom stereocenters. The van der Waals surface area contributed by atoms with E-state index >= 15 is 0 Å². The highest BCUT2D eigenvalue weighted by molar-refractivity contribution is 9.11. The molecule has 39 heavy (non-hydrogen) atoms. The van der Waals surface area contributed by atoms with Crippen LogP contribution in [-0.4, -0.2) is 47.3 Å². The van der Waals surface area contributed by atoms with Crippen LogP contribution in [0.3, 0.4) is 0 Å². The molecule has 3 aromatic rings. The minimum Gasteiger partial charge on any atom is -0.506 e. The number of carbonyl (C=O) groups is 2. The second-order valence-corrected chi connectivity index (χ2v) is 9.95. The van der Waals surface area contributed by atoms with Gasteiger partial charge in [-0.25, -0.2) is 5.43 Å². The third-order valence-electron chi connectivity index (χ3n) is 5.53. The topological polar surface area (TPSA) is 157 Å². The van der Waals surface area contributed by atoms with Crippen LogP contribution in [0.1, 0.15) is 27.0 Å². The Morgan fingerprint density at radius 1 is 1.00 bits per heavy atom. The highest BCUT2D eigenvalue weighted by Gasteiger charge is 2.19. The average Bonchev–Trinajstić information content (AvgIpc) is 2.92. The van der Waals surface area contributed by atoms with Crippen LogP contribution >= 0.6 is 31.9 Å². The first-order valence-corrected chi connectivity index (χ1v) is 12.8. The number of carbonyl (C=O) groups excluding carboxylic acids is 2. The molecule has 13 heteroatoms. The van der Waals surface area contributed by atoms with Crippen molar-refractivity contribution in [2.75, 3.05) is 19.0 Å². The van der Waals surface area contributed by atoms with Gasteiger partial charge in [-0.05, 0) is 80.3 Å². The van der Waals surface area contributed by atoms with E-state index in [1.54, 1.807) is 19.1 Å². The van der Waals surface area contributed by atoms with Gasteiger partial charge in [0.15, 0.2) is 0 Å². The van der Waals surface area contributed by atoms with Gasteiger partial charge in [-0.1, -0.05) is 12.1 Å². The van der Waals surface area contributed by atoms with E-state index in [1.165, 1.54) is 36.6 Å². The summed E-state index contributed by atoms with van der Waals surface area (Å²) >= 11 is 6.33. The molecule has 0 spiro atoms. The van der Waals surface area contributed by atoms with E-state index in [0.717, 1.165) is 5.69 Å². The Hall–Kier alpha value is -4.23. The second-order valence-electron chi connectivity index (χ2n) is 8.37. The van der Waals surface area contributed by atoms with Crippen molar-refractivity contribution in [1.29, 1.82) is 0 Å². The van der Waals surface area contributed by atoms with Crippen molar-refractivity contribution in [1.82, 2.24) is 10.7 Å². The van der Waals surface area contributed by atoms with E-state index in [2.05, 4.69) is 47.7 Å². The van der Waals surface area contributed by atoms with E-state index in [0.29, 0.717) is 15.6 Å². The minimum absolute atomic E-state index is 0.0462. The second kappa shape index (κ2) is 12.5. The first-order valence-electron chi connectivity index (χ1n) is 11.2. The van der Waals surface area contributed by atoms with Crippen LogP contribution in [0.15, 0.2) is 68.3 Å². The van der Waals surface area contributed by atoms with E-state index in [4.69, 9.17) is 0 Å². The lowest BCUT2D eigenvalue weighted by Gasteiger charge is -2.13. The van der Waals surface area contributed by atoms with Crippen LogP contribution in [0.2, 0.25) is 0 Å². The van der Waals surface area contributed by atoms with Gasteiger partial charge in [0.2, 0.25) is 0 Å². The Bertz CT molecular complexity index is 1460. The zero-order valence-electron chi connectivity index (χ0n) is 20.9. The summed E-state index contributed by atoms with van der Waals surface area (Å²) in [6.45, 7) is 1.63. The van der Waals surface area contributed by atoms with E-state index in [9.17, 15) is 29.9 Å². The number of nitrogens with zero attached hydrogens (tertiary/aromatic N) is 3. The van der Waals surface area contributed by atoms with Gasteiger partial charge in [-0.15, -0.1) is 0 Å². The Morgan fingerprint density at radius 3 is 2.18 bits per heavy atom. The fraction of sp³-hybridized carbons (Fsp3) is 0.115. The molecule has 2 amide bonds. The first-order chi connectivity index (χ1) is 18.4. The summed E-state index contributed by atoms with van der Waals surface area (Å²) in [5.74, 6) is -1.91. The van der Waals surface area contributed by atoms with Crippen LogP contribution < -0.4 is 15.6 Å². The Balaban J connectivity index is 1.90. The molecule has 3 rings (SSSR count). The van der Waals surface area contributed by atoms with Crippen LogP contribution in [0, 0.1) is 17.0 Å². The number of hydrazone groups is 1. The number of anilines is 1. The molecule has 11 nitrogen and oxygen atoms in total. The van der Waals surface area contributed by atoms with Crippen molar-refractivity contribution in [2.45, 2.75) is 6.92 Å². The van der Waals surface area contributed by atoms with Crippen molar-refractivity contribution in [3.8, 4) is 11.5 Å². The third-order valence-corrected chi connectivity index (χ3v) is 7.25. The maximum atomic E-state index is 13.1. The highest BCUT2D eigenvalue weighted by atomic mass is 79.9. The molecule has 0 bridgehead atoms. The number of nitrogens with one attached hydrogen (secondary N) is 2. The molecule has 0 aliphatic rings. The summed E-state index contributed by atoms with van der Waals surface area (Å²) in [4.78, 5) is 38.1. The van der Waals surface area contributed by atoms with Crippen molar-refractivity contribution < 1.29 is 24.7 Å². The zero-order valence-corrected chi connectivity index (χ0v) is 24.1.